The molecule has 0 aromatic carbocycles. The Morgan fingerprint density at radius 2 is 1.81 bits per heavy atom. The molecule has 2 unspecified atom stereocenters. The monoisotopic (exact) mass is 299 g/mol. The van der Waals surface area contributed by atoms with Gasteiger partial charge in [-0.05, 0) is 26.7 Å². The molecular weight excluding hydrogens is 266 g/mol. The van der Waals surface area contributed by atoms with E-state index in [0.717, 1.165) is 32.4 Å². The van der Waals surface area contributed by atoms with Crippen LogP contribution < -0.4 is 5.11 Å². The Kier molecular flexibility index (Phi) is 10.4. The molecule has 0 aromatic heterocycles. The number of carboxylic acid groups (broad SMARTS) is 1. The van der Waals surface area contributed by atoms with Crippen LogP contribution in [0.25, 0.3) is 0 Å². The average Bonchev–Trinajstić information content (AvgIpc) is 2.47. The number of hydrogen-bond acceptors (Lipinski definition) is 3. The van der Waals surface area contributed by atoms with Gasteiger partial charge in [-0.2, -0.15) is 0 Å². The predicted octanol–water partition coefficient (Wildman–Crippen LogP) is 1.73. The van der Waals surface area contributed by atoms with Gasteiger partial charge in [0.1, 0.15) is 12.6 Å². The van der Waals surface area contributed by atoms with E-state index in [9.17, 15) is 15.0 Å². The number of carboxylic acids is 1. The fraction of sp³-hybridized carbons (Fsp3) is 0.824. The number of aliphatic carboxylic acids is 1. The third kappa shape index (κ3) is 7.63. The molecule has 0 radical (unpaired) electrons. The largest absolute Gasteiger partial charge is 0.550 e. The topological polar surface area (TPSA) is 60.4 Å². The number of allylic oxidation sites excluding steroid dienone is 1. The summed E-state index contributed by atoms with van der Waals surface area (Å²) in [6.07, 6.45) is 7.22. The SMILES string of the molecule is CCCC/C=C/C(O)C[N+](CC)(CC)CC(CC)C(=O)[O-]. The molecule has 0 rings (SSSR count). The predicted molar refractivity (Wildman–Crippen MR) is 84.5 cm³/mol. The minimum atomic E-state index is -0.977. The Morgan fingerprint density at radius 1 is 1.19 bits per heavy atom. The van der Waals surface area contributed by atoms with Crippen molar-refractivity contribution in [1.82, 2.24) is 0 Å². The van der Waals surface area contributed by atoms with E-state index in [1.54, 1.807) is 0 Å². The third-order valence-corrected chi connectivity index (χ3v) is 4.43. The number of carbonyl (C=O) groups is 1. The van der Waals surface area contributed by atoms with Crippen LogP contribution in [0.5, 0.6) is 0 Å². The van der Waals surface area contributed by atoms with Gasteiger partial charge in [-0.25, -0.2) is 0 Å². The van der Waals surface area contributed by atoms with Gasteiger partial charge in [0, 0.05) is 5.92 Å². The lowest BCUT2D eigenvalue weighted by atomic mass is 10.0. The first-order valence-corrected chi connectivity index (χ1v) is 8.35. The second-order valence-corrected chi connectivity index (χ2v) is 5.90. The normalized spacial score (nSPS) is 15.3. The van der Waals surface area contributed by atoms with Crippen molar-refractivity contribution in [1.29, 1.82) is 0 Å². The van der Waals surface area contributed by atoms with E-state index in [-0.39, 0.29) is 0 Å². The van der Waals surface area contributed by atoms with Crippen molar-refractivity contribution in [2.75, 3.05) is 26.2 Å². The lowest BCUT2D eigenvalue weighted by Crippen LogP contribution is -2.56. The summed E-state index contributed by atoms with van der Waals surface area (Å²) in [6.45, 7) is 10.9. The van der Waals surface area contributed by atoms with Crippen molar-refractivity contribution in [2.24, 2.45) is 5.92 Å². The van der Waals surface area contributed by atoms with Gasteiger partial charge in [0.25, 0.3) is 0 Å². The average molecular weight is 299 g/mol. The van der Waals surface area contributed by atoms with E-state index < -0.39 is 18.0 Å². The maximum Gasteiger partial charge on any atom is 0.121 e. The van der Waals surface area contributed by atoms with Gasteiger partial charge < -0.3 is 19.5 Å². The van der Waals surface area contributed by atoms with Crippen molar-refractivity contribution >= 4 is 5.97 Å². The third-order valence-electron chi connectivity index (χ3n) is 4.43. The molecule has 0 bridgehead atoms. The summed E-state index contributed by atoms with van der Waals surface area (Å²) in [5, 5.41) is 21.4. The van der Waals surface area contributed by atoms with E-state index in [0.29, 0.717) is 24.0 Å². The van der Waals surface area contributed by atoms with Crippen LogP contribution >= 0.6 is 0 Å². The number of rotatable bonds is 12. The molecular formula is C17H33NO3. The van der Waals surface area contributed by atoms with Crippen molar-refractivity contribution in [3.8, 4) is 0 Å². The van der Waals surface area contributed by atoms with Crippen molar-refractivity contribution in [3.63, 3.8) is 0 Å². The van der Waals surface area contributed by atoms with E-state index in [1.807, 2.05) is 19.1 Å². The molecule has 0 heterocycles. The zero-order valence-electron chi connectivity index (χ0n) is 14.2. The van der Waals surface area contributed by atoms with Crippen LogP contribution in [0.2, 0.25) is 0 Å². The molecule has 0 aliphatic carbocycles. The number of aliphatic hydroxyl groups is 1. The standard InChI is InChI=1S/C17H33NO3/c1-5-9-10-11-12-16(19)14-18(7-3,8-4)13-15(6-2)17(20)21/h11-12,15-16,19H,5-10,13-14H2,1-4H3/b12-11+. The van der Waals surface area contributed by atoms with Gasteiger partial charge in [-0.15, -0.1) is 0 Å². The van der Waals surface area contributed by atoms with Crippen LogP contribution in [-0.4, -0.2) is 47.8 Å². The summed E-state index contributed by atoms with van der Waals surface area (Å²) in [4.78, 5) is 11.2. The number of unbranched alkanes of at least 4 members (excludes halogenated alkanes) is 2. The highest BCUT2D eigenvalue weighted by molar-refractivity contribution is 5.67. The zero-order valence-corrected chi connectivity index (χ0v) is 14.2. The summed E-state index contributed by atoms with van der Waals surface area (Å²) in [7, 11) is 0. The molecule has 4 heteroatoms. The summed E-state index contributed by atoms with van der Waals surface area (Å²) in [5.74, 6) is -1.42. The van der Waals surface area contributed by atoms with Crippen LogP contribution in [0.15, 0.2) is 12.2 Å². The van der Waals surface area contributed by atoms with E-state index in [4.69, 9.17) is 0 Å². The van der Waals surface area contributed by atoms with Gasteiger partial charge in [-0.3, -0.25) is 0 Å². The first kappa shape index (κ1) is 20.1. The number of hydrogen-bond donors (Lipinski definition) is 1. The summed E-state index contributed by atoms with van der Waals surface area (Å²) < 4.78 is 0.617. The summed E-state index contributed by atoms with van der Waals surface area (Å²) >= 11 is 0. The molecule has 0 saturated heterocycles. The highest BCUT2D eigenvalue weighted by Crippen LogP contribution is 2.16. The van der Waals surface area contributed by atoms with Gasteiger partial charge in [0.2, 0.25) is 0 Å². The zero-order chi connectivity index (χ0) is 16.3. The maximum absolute atomic E-state index is 11.2. The second kappa shape index (κ2) is 10.8. The van der Waals surface area contributed by atoms with Gasteiger partial charge in [0.15, 0.2) is 0 Å². The van der Waals surface area contributed by atoms with E-state index >= 15 is 0 Å². The van der Waals surface area contributed by atoms with Gasteiger partial charge >= 0.3 is 0 Å². The van der Waals surface area contributed by atoms with Crippen LogP contribution in [0.4, 0.5) is 0 Å². The number of nitrogens with zero attached hydrogens (tertiary/aromatic N) is 1. The van der Waals surface area contributed by atoms with Crippen LogP contribution in [-0.2, 0) is 4.79 Å². The smallest absolute Gasteiger partial charge is 0.121 e. The number of quaternary nitrogens is 1. The maximum atomic E-state index is 11.2. The molecule has 0 aliphatic heterocycles. The Hall–Kier alpha value is -0.870. The summed E-state index contributed by atoms with van der Waals surface area (Å²) in [6, 6.07) is 0. The Morgan fingerprint density at radius 3 is 2.24 bits per heavy atom. The fourth-order valence-electron chi connectivity index (χ4n) is 2.69. The Bertz CT molecular complexity index is 311. The van der Waals surface area contributed by atoms with Crippen molar-refractivity contribution in [3.05, 3.63) is 12.2 Å². The van der Waals surface area contributed by atoms with Crippen LogP contribution in [0, 0.1) is 5.92 Å². The molecule has 1 N–H and O–H groups in total. The van der Waals surface area contributed by atoms with E-state index in [1.165, 1.54) is 0 Å². The van der Waals surface area contributed by atoms with Crippen LogP contribution in [0.3, 0.4) is 0 Å². The van der Waals surface area contributed by atoms with Crippen LogP contribution in [0.1, 0.15) is 53.4 Å². The molecule has 0 amide bonds. The molecule has 0 aliphatic rings. The number of aliphatic hydroxyl groups excluding tert-OH is 1. The number of likely N-dealkylation sites (N-methyl/N-ethyl adjacent to an activating group) is 1. The highest BCUT2D eigenvalue weighted by Gasteiger charge is 2.29. The highest BCUT2D eigenvalue weighted by atomic mass is 16.4. The minimum Gasteiger partial charge on any atom is -0.550 e. The molecule has 124 valence electrons. The lowest BCUT2D eigenvalue weighted by Gasteiger charge is -2.40. The first-order valence-electron chi connectivity index (χ1n) is 8.35. The molecule has 4 nitrogen and oxygen atoms in total. The molecule has 2 atom stereocenters. The van der Waals surface area contributed by atoms with Crippen molar-refractivity contribution < 1.29 is 19.5 Å². The molecule has 0 aromatic rings. The quantitative estimate of drug-likeness (QED) is 0.339. The Labute approximate surface area is 130 Å². The number of carbonyl (C=O) groups excluding carboxylic acids is 1. The first-order chi connectivity index (χ1) is 9.94. The van der Waals surface area contributed by atoms with Gasteiger partial charge in [-0.1, -0.05) is 38.8 Å². The molecule has 0 saturated carbocycles. The molecule has 0 fully saturated rings. The lowest BCUT2D eigenvalue weighted by molar-refractivity contribution is -0.929. The molecule has 0 spiro atoms. The Balaban J connectivity index is 4.71. The minimum absolute atomic E-state index is 0.443. The second-order valence-electron chi connectivity index (χ2n) is 5.90. The van der Waals surface area contributed by atoms with E-state index in [2.05, 4.69) is 20.8 Å². The fourth-order valence-corrected chi connectivity index (χ4v) is 2.69. The molecule has 21 heavy (non-hydrogen) atoms. The van der Waals surface area contributed by atoms with Gasteiger partial charge in [0.05, 0.1) is 25.6 Å². The van der Waals surface area contributed by atoms with Crippen molar-refractivity contribution in [2.45, 2.75) is 59.5 Å². The summed E-state index contributed by atoms with van der Waals surface area (Å²) in [5.41, 5.74) is 0.